The Morgan fingerprint density at radius 1 is 1.32 bits per heavy atom. The number of aromatic nitrogens is 2. The second-order valence-corrected chi connectivity index (χ2v) is 13.1. The van der Waals surface area contributed by atoms with Gasteiger partial charge in [0.05, 0.1) is 28.8 Å². The van der Waals surface area contributed by atoms with Crippen LogP contribution in [0.25, 0.3) is 11.0 Å². The molecule has 0 saturated carbocycles. The van der Waals surface area contributed by atoms with Gasteiger partial charge in [-0.1, -0.05) is 31.8 Å². The Morgan fingerprint density at radius 3 is 2.68 bits per heavy atom. The molecule has 0 aliphatic carbocycles. The van der Waals surface area contributed by atoms with Gasteiger partial charge in [0.25, 0.3) is 0 Å². The lowest BCUT2D eigenvalue weighted by Crippen LogP contribution is -2.22. The molecule has 0 bridgehead atoms. The fourth-order valence-electron chi connectivity index (χ4n) is 2.30. The van der Waals surface area contributed by atoms with E-state index in [1.165, 1.54) is 0 Å². The summed E-state index contributed by atoms with van der Waals surface area (Å²) in [5, 5.41) is 9.36. The molecule has 0 aliphatic rings. The van der Waals surface area contributed by atoms with E-state index in [-0.39, 0.29) is 0 Å². The highest BCUT2D eigenvalue weighted by Gasteiger charge is 2.23. The predicted molar refractivity (Wildman–Crippen MR) is 92.5 cm³/mol. The Labute approximate surface area is 133 Å². The van der Waals surface area contributed by atoms with Crippen molar-refractivity contribution in [3.05, 3.63) is 30.1 Å². The van der Waals surface area contributed by atoms with Gasteiger partial charge in [-0.15, -0.1) is 0 Å². The molecule has 2 aromatic rings. The van der Waals surface area contributed by atoms with Crippen molar-refractivity contribution < 1.29 is 4.74 Å². The topological polar surface area (TPSA) is 50.8 Å². The number of hydrogen-bond donors (Lipinski definition) is 0. The molecule has 0 aliphatic heterocycles. The molecule has 0 unspecified atom stereocenters. The zero-order valence-corrected chi connectivity index (χ0v) is 15.2. The number of rotatable bonds is 6. The van der Waals surface area contributed by atoms with Crippen molar-refractivity contribution in [2.75, 3.05) is 6.61 Å². The minimum atomic E-state index is -1.06. The number of ether oxygens (including phenoxy) is 1. The molecule has 1 aromatic carbocycles. The van der Waals surface area contributed by atoms with Crippen LogP contribution in [0.15, 0.2) is 24.5 Å². The standard InChI is InChI=1S/C17H25N3OSi/c1-17(2,11-18)14-7-6-8-15-16(14)19-12-20(15)13-21-9-10-22(3,4)5/h6-8,12H,9-10,13H2,1-5H3. The molecule has 2 rings (SSSR count). The van der Waals surface area contributed by atoms with Crippen LogP contribution in [-0.2, 0) is 16.9 Å². The molecule has 118 valence electrons. The van der Waals surface area contributed by atoms with Crippen LogP contribution >= 0.6 is 0 Å². The van der Waals surface area contributed by atoms with Crippen molar-refractivity contribution in [3.63, 3.8) is 0 Å². The van der Waals surface area contributed by atoms with Crippen LogP contribution in [-0.4, -0.2) is 24.2 Å². The van der Waals surface area contributed by atoms with Crippen molar-refractivity contribution in [2.45, 2.75) is 51.7 Å². The molecule has 0 atom stereocenters. The summed E-state index contributed by atoms with van der Waals surface area (Å²) in [5.41, 5.74) is 2.34. The molecule has 0 spiro atoms. The first-order valence-corrected chi connectivity index (χ1v) is 11.4. The van der Waals surface area contributed by atoms with Crippen LogP contribution in [0.1, 0.15) is 19.4 Å². The van der Waals surface area contributed by atoms with Crippen molar-refractivity contribution >= 4 is 19.1 Å². The number of fused-ring (bicyclic) bond motifs is 1. The number of imidazole rings is 1. The fourth-order valence-corrected chi connectivity index (χ4v) is 3.05. The van der Waals surface area contributed by atoms with Crippen LogP contribution in [0.3, 0.4) is 0 Å². The van der Waals surface area contributed by atoms with Crippen LogP contribution in [0, 0.1) is 11.3 Å². The average Bonchev–Trinajstić information content (AvgIpc) is 2.85. The monoisotopic (exact) mass is 315 g/mol. The SMILES string of the molecule is CC(C)(C#N)c1cccc2c1ncn2COCC[Si](C)(C)C. The van der Waals surface area contributed by atoms with Gasteiger partial charge in [0.2, 0.25) is 0 Å². The first-order chi connectivity index (χ1) is 10.2. The number of hydrogen-bond acceptors (Lipinski definition) is 3. The van der Waals surface area contributed by atoms with Crippen LogP contribution in [0.4, 0.5) is 0 Å². The summed E-state index contributed by atoms with van der Waals surface area (Å²) in [5.74, 6) is 0. The third-order valence-electron chi connectivity index (χ3n) is 3.83. The van der Waals surface area contributed by atoms with Crippen molar-refractivity contribution in [1.82, 2.24) is 9.55 Å². The molecule has 0 N–H and O–H groups in total. The Kier molecular flexibility index (Phi) is 4.74. The Morgan fingerprint density at radius 2 is 2.05 bits per heavy atom. The number of nitriles is 1. The molecule has 4 nitrogen and oxygen atoms in total. The van der Waals surface area contributed by atoms with E-state index >= 15 is 0 Å². The highest BCUT2D eigenvalue weighted by molar-refractivity contribution is 6.76. The van der Waals surface area contributed by atoms with Gasteiger partial charge in [-0.3, -0.25) is 0 Å². The van der Waals surface area contributed by atoms with E-state index in [2.05, 4.69) is 30.7 Å². The molecule has 0 amide bonds. The highest BCUT2D eigenvalue weighted by Crippen LogP contribution is 2.28. The van der Waals surface area contributed by atoms with E-state index in [1.54, 1.807) is 6.33 Å². The lowest BCUT2D eigenvalue weighted by atomic mass is 9.85. The lowest BCUT2D eigenvalue weighted by molar-refractivity contribution is 0.0898. The largest absolute Gasteiger partial charge is 0.361 e. The van der Waals surface area contributed by atoms with Gasteiger partial charge in [-0.25, -0.2) is 4.98 Å². The Balaban J connectivity index is 2.17. The summed E-state index contributed by atoms with van der Waals surface area (Å²) >= 11 is 0. The first-order valence-electron chi connectivity index (χ1n) is 7.68. The second-order valence-electron chi connectivity index (χ2n) is 7.47. The average molecular weight is 315 g/mol. The first kappa shape index (κ1) is 16.7. The molecule has 0 saturated heterocycles. The van der Waals surface area contributed by atoms with Crippen LogP contribution < -0.4 is 0 Å². The molecule has 1 heterocycles. The van der Waals surface area contributed by atoms with Gasteiger partial charge in [-0.2, -0.15) is 5.26 Å². The lowest BCUT2D eigenvalue weighted by Gasteiger charge is -2.17. The predicted octanol–water partition coefficient (Wildman–Crippen LogP) is 4.15. The minimum absolute atomic E-state index is 0.511. The van der Waals surface area contributed by atoms with Crippen molar-refractivity contribution in [3.8, 4) is 6.07 Å². The smallest absolute Gasteiger partial charge is 0.124 e. The van der Waals surface area contributed by atoms with Gasteiger partial charge in [0.15, 0.2) is 0 Å². The molecular weight excluding hydrogens is 290 g/mol. The molecule has 5 heteroatoms. The number of benzene rings is 1. The summed E-state index contributed by atoms with van der Waals surface area (Å²) < 4.78 is 7.82. The fraction of sp³-hybridized carbons (Fsp3) is 0.529. The van der Waals surface area contributed by atoms with Gasteiger partial charge < -0.3 is 9.30 Å². The highest BCUT2D eigenvalue weighted by atomic mass is 28.3. The summed E-state index contributed by atoms with van der Waals surface area (Å²) in [4.78, 5) is 4.50. The Bertz CT molecular complexity index is 692. The van der Waals surface area contributed by atoms with E-state index in [9.17, 15) is 5.26 Å². The quantitative estimate of drug-likeness (QED) is 0.594. The summed E-state index contributed by atoms with van der Waals surface area (Å²) in [6, 6.07) is 9.50. The molecule has 1 aromatic heterocycles. The van der Waals surface area contributed by atoms with Crippen LogP contribution in [0.2, 0.25) is 25.7 Å². The number of para-hydroxylation sites is 1. The summed E-state index contributed by atoms with van der Waals surface area (Å²) in [6.07, 6.45) is 1.80. The number of nitrogens with zero attached hydrogens (tertiary/aromatic N) is 3. The van der Waals surface area contributed by atoms with Crippen LogP contribution in [0.5, 0.6) is 0 Å². The third-order valence-corrected chi connectivity index (χ3v) is 5.53. The maximum absolute atomic E-state index is 9.36. The molecule has 0 fully saturated rings. The zero-order valence-electron chi connectivity index (χ0n) is 14.2. The second kappa shape index (κ2) is 6.23. The normalized spacial score (nSPS) is 12.5. The maximum atomic E-state index is 9.36. The van der Waals surface area contributed by atoms with E-state index < -0.39 is 13.5 Å². The van der Waals surface area contributed by atoms with E-state index in [0.29, 0.717) is 6.73 Å². The van der Waals surface area contributed by atoms with Crippen molar-refractivity contribution in [1.29, 1.82) is 5.26 Å². The van der Waals surface area contributed by atoms with E-state index in [4.69, 9.17) is 4.74 Å². The summed E-state index contributed by atoms with van der Waals surface area (Å²) in [7, 11) is -1.06. The van der Waals surface area contributed by atoms with Gasteiger partial charge in [-0.05, 0) is 31.5 Å². The third kappa shape index (κ3) is 3.76. The molecular formula is C17H25N3OSi. The van der Waals surface area contributed by atoms with Gasteiger partial charge >= 0.3 is 0 Å². The zero-order chi connectivity index (χ0) is 16.4. The minimum Gasteiger partial charge on any atom is -0.361 e. The molecule has 0 radical (unpaired) electrons. The maximum Gasteiger partial charge on any atom is 0.124 e. The summed E-state index contributed by atoms with van der Waals surface area (Å²) in [6.45, 7) is 12.2. The van der Waals surface area contributed by atoms with Crippen molar-refractivity contribution in [2.24, 2.45) is 0 Å². The van der Waals surface area contributed by atoms with E-state index in [0.717, 1.165) is 29.2 Å². The van der Waals surface area contributed by atoms with E-state index in [1.807, 2.05) is 36.6 Å². The van der Waals surface area contributed by atoms with Gasteiger partial charge in [0, 0.05) is 14.7 Å². The Hall–Kier alpha value is -1.64. The molecule has 22 heavy (non-hydrogen) atoms. The van der Waals surface area contributed by atoms with Gasteiger partial charge in [0.1, 0.15) is 6.73 Å².